The van der Waals surface area contributed by atoms with Gasteiger partial charge in [-0.2, -0.15) is 0 Å². The molecule has 3 N–H and O–H groups in total. The summed E-state index contributed by atoms with van der Waals surface area (Å²) in [5.41, 5.74) is 2.14. The number of hydrogen-bond acceptors (Lipinski definition) is 9. The van der Waals surface area contributed by atoms with Crippen molar-refractivity contribution in [2.24, 2.45) is 0 Å². The highest BCUT2D eigenvalue weighted by Gasteiger charge is 2.27. The molecule has 1 saturated heterocycles. The summed E-state index contributed by atoms with van der Waals surface area (Å²) in [6.45, 7) is 2.97. The first-order chi connectivity index (χ1) is 17.0. The van der Waals surface area contributed by atoms with Gasteiger partial charge in [0.05, 0.1) is 46.8 Å². The first kappa shape index (κ1) is 23.7. The third kappa shape index (κ3) is 5.32. The van der Waals surface area contributed by atoms with Crippen LogP contribution in [0.5, 0.6) is 5.75 Å². The molecule has 3 aromatic rings. The second-order valence-electron chi connectivity index (χ2n) is 8.73. The number of nitrogens with zero attached hydrogens (tertiary/aromatic N) is 4. The highest BCUT2D eigenvalue weighted by atomic mass is 32.2. The fourth-order valence-electron chi connectivity index (χ4n) is 4.52. The molecule has 0 radical (unpaired) electrons. The average Bonchev–Trinajstić information content (AvgIpc) is 2.87. The van der Waals surface area contributed by atoms with Crippen LogP contribution in [0.3, 0.4) is 0 Å². The Bertz CT molecular complexity index is 1300. The van der Waals surface area contributed by atoms with Gasteiger partial charge in [-0.05, 0) is 37.2 Å². The lowest BCUT2D eigenvalue weighted by Gasteiger charge is -2.36. The summed E-state index contributed by atoms with van der Waals surface area (Å²) in [6.07, 6.45) is 1.58. The summed E-state index contributed by atoms with van der Waals surface area (Å²) in [7, 11) is 1.60. The lowest BCUT2D eigenvalue weighted by Crippen LogP contribution is -2.53. The number of amides is 1. The first-order valence-electron chi connectivity index (χ1n) is 11.6. The minimum atomic E-state index is -0.539. The summed E-state index contributed by atoms with van der Waals surface area (Å²) in [5, 5.41) is 17.0. The molecule has 5 rings (SSSR count). The molecule has 0 aliphatic carbocycles. The molecule has 10 nitrogen and oxygen atoms in total. The van der Waals surface area contributed by atoms with Crippen LogP contribution in [-0.2, 0) is 17.9 Å². The van der Waals surface area contributed by atoms with Crippen LogP contribution in [0.15, 0.2) is 46.2 Å². The number of anilines is 1. The van der Waals surface area contributed by atoms with Crippen molar-refractivity contribution in [1.82, 2.24) is 24.8 Å². The second-order valence-corrected chi connectivity index (χ2v) is 9.75. The third-order valence-corrected chi connectivity index (χ3v) is 7.48. The lowest BCUT2D eigenvalue weighted by molar-refractivity contribution is -0.113. The number of thioether (sulfide) groups is 1. The second kappa shape index (κ2) is 10.3. The summed E-state index contributed by atoms with van der Waals surface area (Å²) in [4.78, 5) is 36.0. The van der Waals surface area contributed by atoms with E-state index in [9.17, 15) is 14.7 Å². The molecule has 2 aromatic heterocycles. The molecule has 1 amide bonds. The number of aliphatic hydroxyl groups is 1. The number of methoxy groups -OCH3 is 1. The van der Waals surface area contributed by atoms with E-state index in [0.717, 1.165) is 34.6 Å². The van der Waals surface area contributed by atoms with Gasteiger partial charge in [-0.3, -0.25) is 14.5 Å². The van der Waals surface area contributed by atoms with E-state index in [1.807, 2.05) is 30.3 Å². The Kier molecular flexibility index (Phi) is 7.00. The summed E-state index contributed by atoms with van der Waals surface area (Å²) in [5.74, 6) is 1.66. The normalized spacial score (nSPS) is 20.5. The topological polar surface area (TPSA) is 122 Å². The number of carbonyl (C=O) groups is 1. The molecule has 11 heteroatoms. The minimum absolute atomic E-state index is 0.0379. The van der Waals surface area contributed by atoms with Crippen molar-refractivity contribution < 1.29 is 14.6 Å². The molecule has 2 aliphatic heterocycles. The molecule has 0 bridgehead atoms. The Hall–Kier alpha value is -2.99. The highest BCUT2D eigenvalue weighted by molar-refractivity contribution is 8.00. The largest absolute Gasteiger partial charge is 0.497 e. The van der Waals surface area contributed by atoms with E-state index >= 15 is 0 Å². The third-order valence-electron chi connectivity index (χ3n) is 6.44. The zero-order chi connectivity index (χ0) is 24.4. The number of rotatable bonds is 7. The van der Waals surface area contributed by atoms with E-state index in [-0.39, 0.29) is 17.5 Å². The maximum atomic E-state index is 12.5. The Morgan fingerprint density at radius 1 is 1.26 bits per heavy atom. The number of β-amino-alcohol motifs (C(OH)–C–C–N with tert-alkyl or cyclic N) is 1. The number of piperidine rings is 1. The number of nitrogens with one attached hydrogen (secondary N) is 2. The van der Waals surface area contributed by atoms with E-state index in [0.29, 0.717) is 43.5 Å². The molecule has 2 atom stereocenters. The van der Waals surface area contributed by atoms with Crippen molar-refractivity contribution in [2.75, 3.05) is 37.8 Å². The number of ether oxygens (including phenoxy) is 1. The molecule has 2 aliphatic rings. The highest BCUT2D eigenvalue weighted by Crippen LogP contribution is 2.29. The van der Waals surface area contributed by atoms with E-state index in [1.54, 1.807) is 11.7 Å². The number of aliphatic hydroxyl groups excluding tert-OH is 1. The standard InChI is InChI=1S/C24H28N6O4S/c1-34-16-3-4-17-19(10-16)30(23(33)12-26-17)9-8-29-7-6-18(20(31)13-29)25-11-15-2-5-21-24(27-15)28-22(32)14-35-21/h2-5,10,12,18,20,25,31H,6-9,11,13-14H2,1H3,(H,27,28,32)/t18-,20-/m0/s1. The predicted molar refractivity (Wildman–Crippen MR) is 134 cm³/mol. The zero-order valence-corrected chi connectivity index (χ0v) is 20.3. The van der Waals surface area contributed by atoms with Gasteiger partial charge in [0.2, 0.25) is 5.91 Å². The van der Waals surface area contributed by atoms with Crippen LogP contribution in [0.2, 0.25) is 0 Å². The minimum Gasteiger partial charge on any atom is -0.497 e. The van der Waals surface area contributed by atoms with Crippen molar-refractivity contribution in [3.8, 4) is 5.75 Å². The van der Waals surface area contributed by atoms with Crippen molar-refractivity contribution in [1.29, 1.82) is 0 Å². The smallest absolute Gasteiger partial charge is 0.269 e. The summed E-state index contributed by atoms with van der Waals surface area (Å²) < 4.78 is 7.02. The quantitative estimate of drug-likeness (QED) is 0.441. The SMILES string of the molecule is COc1ccc2ncc(=O)n(CCN3CC[C@H](NCc4ccc5c(n4)NC(=O)CS5)[C@@H](O)C3)c2c1. The predicted octanol–water partition coefficient (Wildman–Crippen LogP) is 1.07. The number of pyridine rings is 1. The van der Waals surface area contributed by atoms with Gasteiger partial charge in [-0.25, -0.2) is 9.97 Å². The van der Waals surface area contributed by atoms with Gasteiger partial charge >= 0.3 is 0 Å². The molecule has 184 valence electrons. The summed E-state index contributed by atoms with van der Waals surface area (Å²) >= 11 is 1.49. The fourth-order valence-corrected chi connectivity index (χ4v) is 5.27. The van der Waals surface area contributed by atoms with Crippen LogP contribution in [0.25, 0.3) is 11.0 Å². The van der Waals surface area contributed by atoms with E-state index in [1.165, 1.54) is 18.0 Å². The van der Waals surface area contributed by atoms with Gasteiger partial charge in [-0.1, -0.05) is 0 Å². The van der Waals surface area contributed by atoms with Gasteiger partial charge in [-0.15, -0.1) is 11.8 Å². The molecule has 1 aromatic carbocycles. The number of benzene rings is 1. The summed E-state index contributed by atoms with van der Waals surface area (Å²) in [6, 6.07) is 9.36. The van der Waals surface area contributed by atoms with Gasteiger partial charge in [0, 0.05) is 38.3 Å². The fraction of sp³-hybridized carbons (Fsp3) is 0.417. The van der Waals surface area contributed by atoms with Crippen LogP contribution in [0.4, 0.5) is 5.82 Å². The molecule has 0 unspecified atom stereocenters. The number of hydrogen-bond donors (Lipinski definition) is 3. The monoisotopic (exact) mass is 496 g/mol. The zero-order valence-electron chi connectivity index (χ0n) is 19.4. The molecule has 0 spiro atoms. The van der Waals surface area contributed by atoms with Crippen molar-refractivity contribution >= 4 is 34.5 Å². The number of aromatic nitrogens is 3. The first-order valence-corrected chi connectivity index (χ1v) is 12.6. The Labute approximate surface area is 206 Å². The van der Waals surface area contributed by atoms with Gasteiger partial charge in [0.15, 0.2) is 0 Å². The Morgan fingerprint density at radius 3 is 2.97 bits per heavy atom. The molecule has 4 heterocycles. The van der Waals surface area contributed by atoms with E-state index < -0.39 is 6.10 Å². The number of carbonyl (C=O) groups excluding carboxylic acids is 1. The van der Waals surface area contributed by atoms with Gasteiger partial charge < -0.3 is 25.0 Å². The van der Waals surface area contributed by atoms with Crippen LogP contribution >= 0.6 is 11.8 Å². The molecule has 35 heavy (non-hydrogen) atoms. The number of likely N-dealkylation sites (tertiary alicyclic amines) is 1. The van der Waals surface area contributed by atoms with Crippen LogP contribution < -0.4 is 20.9 Å². The van der Waals surface area contributed by atoms with Crippen LogP contribution in [0, 0.1) is 0 Å². The van der Waals surface area contributed by atoms with Crippen molar-refractivity contribution in [3.63, 3.8) is 0 Å². The Morgan fingerprint density at radius 2 is 2.14 bits per heavy atom. The van der Waals surface area contributed by atoms with Crippen LogP contribution in [0.1, 0.15) is 12.1 Å². The van der Waals surface area contributed by atoms with E-state index in [2.05, 4.69) is 25.5 Å². The average molecular weight is 497 g/mol. The Balaban J connectivity index is 1.17. The van der Waals surface area contributed by atoms with Crippen molar-refractivity contribution in [2.45, 2.75) is 36.6 Å². The van der Waals surface area contributed by atoms with Crippen molar-refractivity contribution in [3.05, 3.63) is 52.6 Å². The molecule has 0 saturated carbocycles. The lowest BCUT2D eigenvalue weighted by atomic mass is 10.0. The maximum absolute atomic E-state index is 12.5. The molecular weight excluding hydrogens is 468 g/mol. The van der Waals surface area contributed by atoms with E-state index in [4.69, 9.17) is 4.74 Å². The van der Waals surface area contributed by atoms with Gasteiger partial charge in [0.25, 0.3) is 5.56 Å². The van der Waals surface area contributed by atoms with Gasteiger partial charge in [0.1, 0.15) is 11.6 Å². The molecular formula is C24H28N6O4S. The number of fused-ring (bicyclic) bond motifs is 2. The van der Waals surface area contributed by atoms with Crippen LogP contribution in [-0.4, -0.2) is 75.1 Å². The maximum Gasteiger partial charge on any atom is 0.269 e. The molecule has 1 fully saturated rings.